The van der Waals surface area contributed by atoms with E-state index in [9.17, 15) is 0 Å². The molecule has 0 spiro atoms. The Labute approximate surface area is 115 Å². The molecular formula is C15H26N2S. The van der Waals surface area contributed by atoms with E-state index in [0.717, 1.165) is 12.5 Å². The van der Waals surface area contributed by atoms with E-state index >= 15 is 0 Å². The smallest absolute Gasteiger partial charge is 0.0247 e. The lowest BCUT2D eigenvalue weighted by atomic mass is 9.95. The quantitative estimate of drug-likeness (QED) is 0.901. The van der Waals surface area contributed by atoms with Gasteiger partial charge in [-0.1, -0.05) is 13.8 Å². The van der Waals surface area contributed by atoms with E-state index in [4.69, 9.17) is 0 Å². The topological polar surface area (TPSA) is 15.3 Å². The van der Waals surface area contributed by atoms with Gasteiger partial charge in [0, 0.05) is 31.2 Å². The lowest BCUT2D eigenvalue weighted by Gasteiger charge is -2.44. The zero-order valence-electron chi connectivity index (χ0n) is 12.0. The molecule has 2 heterocycles. The number of piperazine rings is 1. The van der Waals surface area contributed by atoms with E-state index in [1.807, 2.05) is 0 Å². The molecule has 1 fully saturated rings. The molecule has 0 amide bonds. The summed E-state index contributed by atoms with van der Waals surface area (Å²) in [6.07, 6.45) is 1.18. The number of thiophene rings is 1. The summed E-state index contributed by atoms with van der Waals surface area (Å²) in [5.74, 6) is 0.718. The van der Waals surface area contributed by atoms with Crippen molar-refractivity contribution in [2.45, 2.75) is 52.2 Å². The highest BCUT2D eigenvalue weighted by molar-refractivity contribution is 7.07. The van der Waals surface area contributed by atoms with Crippen molar-refractivity contribution in [3.8, 4) is 0 Å². The van der Waals surface area contributed by atoms with E-state index in [1.54, 1.807) is 11.3 Å². The molecule has 0 saturated carbocycles. The van der Waals surface area contributed by atoms with Crippen molar-refractivity contribution < 1.29 is 0 Å². The van der Waals surface area contributed by atoms with E-state index in [-0.39, 0.29) is 0 Å². The summed E-state index contributed by atoms with van der Waals surface area (Å²) in [5.41, 5.74) is 1.49. The fraction of sp³-hybridized carbons (Fsp3) is 0.733. The molecule has 0 aromatic carbocycles. The third kappa shape index (κ3) is 3.34. The standard InChI is InChI=1S/C15H26N2S/c1-11(2)15-8-16-12(3)9-17(15)13(4)7-14-5-6-18-10-14/h5-6,10-13,15-16H,7-9H2,1-4H3. The zero-order chi connectivity index (χ0) is 13.1. The molecule has 0 radical (unpaired) electrons. The first-order valence-corrected chi connectivity index (χ1v) is 8.02. The van der Waals surface area contributed by atoms with Crippen molar-refractivity contribution in [3.63, 3.8) is 0 Å². The van der Waals surface area contributed by atoms with E-state index in [1.165, 1.54) is 18.5 Å². The lowest BCUT2D eigenvalue weighted by Crippen LogP contribution is -2.60. The van der Waals surface area contributed by atoms with Crippen molar-refractivity contribution in [2.24, 2.45) is 5.92 Å². The SMILES string of the molecule is CC1CN(C(C)Cc2ccsc2)C(C(C)C)CN1. The van der Waals surface area contributed by atoms with Gasteiger partial charge in [-0.15, -0.1) is 0 Å². The van der Waals surface area contributed by atoms with Crippen LogP contribution in [0.3, 0.4) is 0 Å². The van der Waals surface area contributed by atoms with Crippen LogP contribution in [0.25, 0.3) is 0 Å². The van der Waals surface area contributed by atoms with Gasteiger partial charge in [-0.3, -0.25) is 4.90 Å². The second-order valence-electron chi connectivity index (χ2n) is 6.00. The number of hydrogen-bond donors (Lipinski definition) is 1. The first-order chi connectivity index (χ1) is 8.58. The van der Waals surface area contributed by atoms with Crippen LogP contribution in [-0.4, -0.2) is 36.1 Å². The van der Waals surface area contributed by atoms with Gasteiger partial charge in [0.2, 0.25) is 0 Å². The second-order valence-corrected chi connectivity index (χ2v) is 6.78. The Kier molecular flexibility index (Phi) is 4.82. The largest absolute Gasteiger partial charge is 0.311 e. The van der Waals surface area contributed by atoms with Crippen LogP contribution < -0.4 is 5.32 Å². The van der Waals surface area contributed by atoms with Crippen LogP contribution in [0.1, 0.15) is 33.3 Å². The molecule has 102 valence electrons. The van der Waals surface area contributed by atoms with Gasteiger partial charge in [0.1, 0.15) is 0 Å². The minimum absolute atomic E-state index is 0.616. The van der Waals surface area contributed by atoms with Crippen molar-refractivity contribution in [1.29, 1.82) is 0 Å². The van der Waals surface area contributed by atoms with Crippen molar-refractivity contribution >= 4 is 11.3 Å². The Bertz CT molecular complexity index is 347. The van der Waals surface area contributed by atoms with Gasteiger partial charge in [0.05, 0.1) is 0 Å². The third-order valence-electron chi connectivity index (χ3n) is 4.03. The van der Waals surface area contributed by atoms with Gasteiger partial charge in [0.25, 0.3) is 0 Å². The highest BCUT2D eigenvalue weighted by Gasteiger charge is 2.31. The Morgan fingerprint density at radius 1 is 1.44 bits per heavy atom. The summed E-state index contributed by atoms with van der Waals surface area (Å²) in [6, 6.07) is 4.19. The van der Waals surface area contributed by atoms with Crippen LogP contribution in [0.2, 0.25) is 0 Å². The second kappa shape index (κ2) is 6.18. The van der Waals surface area contributed by atoms with Crippen LogP contribution in [0.15, 0.2) is 16.8 Å². The zero-order valence-corrected chi connectivity index (χ0v) is 12.8. The first-order valence-electron chi connectivity index (χ1n) is 7.08. The Balaban J connectivity index is 2.02. The summed E-state index contributed by atoms with van der Waals surface area (Å²) >= 11 is 1.81. The van der Waals surface area contributed by atoms with E-state index in [2.05, 4.69) is 54.7 Å². The van der Waals surface area contributed by atoms with Gasteiger partial charge in [-0.05, 0) is 48.6 Å². The fourth-order valence-corrected chi connectivity index (χ4v) is 3.63. The molecule has 0 bridgehead atoms. The molecule has 2 rings (SSSR count). The minimum atomic E-state index is 0.616. The van der Waals surface area contributed by atoms with Crippen molar-refractivity contribution in [3.05, 3.63) is 22.4 Å². The monoisotopic (exact) mass is 266 g/mol. The average Bonchev–Trinajstić information content (AvgIpc) is 2.81. The normalized spacial score (nSPS) is 27.6. The van der Waals surface area contributed by atoms with Crippen LogP contribution in [0.5, 0.6) is 0 Å². The fourth-order valence-electron chi connectivity index (χ4n) is 2.95. The highest BCUT2D eigenvalue weighted by Crippen LogP contribution is 2.21. The Morgan fingerprint density at radius 2 is 2.22 bits per heavy atom. The molecule has 1 aliphatic heterocycles. The molecule has 1 aromatic rings. The molecule has 3 unspecified atom stereocenters. The third-order valence-corrected chi connectivity index (χ3v) is 4.77. The molecule has 0 aliphatic carbocycles. The highest BCUT2D eigenvalue weighted by atomic mass is 32.1. The summed E-state index contributed by atoms with van der Waals surface area (Å²) < 4.78 is 0. The minimum Gasteiger partial charge on any atom is -0.311 e. The Morgan fingerprint density at radius 3 is 2.83 bits per heavy atom. The summed E-state index contributed by atoms with van der Waals surface area (Å²) in [5, 5.41) is 8.08. The molecule has 18 heavy (non-hydrogen) atoms. The Hall–Kier alpha value is -0.380. The molecule has 1 aromatic heterocycles. The van der Waals surface area contributed by atoms with Crippen LogP contribution in [-0.2, 0) is 6.42 Å². The van der Waals surface area contributed by atoms with Crippen molar-refractivity contribution in [1.82, 2.24) is 10.2 Å². The van der Waals surface area contributed by atoms with Crippen LogP contribution in [0, 0.1) is 5.92 Å². The van der Waals surface area contributed by atoms with Gasteiger partial charge < -0.3 is 5.32 Å². The first kappa shape index (κ1) is 14.0. The van der Waals surface area contributed by atoms with Gasteiger partial charge in [-0.25, -0.2) is 0 Å². The predicted molar refractivity (Wildman–Crippen MR) is 80.3 cm³/mol. The van der Waals surface area contributed by atoms with Crippen LogP contribution >= 0.6 is 11.3 Å². The average molecular weight is 266 g/mol. The number of rotatable bonds is 4. The maximum atomic E-state index is 3.62. The molecule has 1 N–H and O–H groups in total. The molecule has 2 nitrogen and oxygen atoms in total. The van der Waals surface area contributed by atoms with Gasteiger partial charge in [0.15, 0.2) is 0 Å². The maximum Gasteiger partial charge on any atom is 0.0247 e. The summed E-state index contributed by atoms with van der Waals surface area (Å²) in [7, 11) is 0. The van der Waals surface area contributed by atoms with E-state index in [0.29, 0.717) is 18.1 Å². The van der Waals surface area contributed by atoms with Crippen molar-refractivity contribution in [2.75, 3.05) is 13.1 Å². The van der Waals surface area contributed by atoms with Gasteiger partial charge >= 0.3 is 0 Å². The number of nitrogens with zero attached hydrogens (tertiary/aromatic N) is 1. The van der Waals surface area contributed by atoms with Gasteiger partial charge in [-0.2, -0.15) is 11.3 Å². The summed E-state index contributed by atoms with van der Waals surface area (Å²) in [6.45, 7) is 11.7. The molecule has 3 heteroatoms. The van der Waals surface area contributed by atoms with Crippen LogP contribution in [0.4, 0.5) is 0 Å². The number of hydrogen-bond acceptors (Lipinski definition) is 3. The maximum absolute atomic E-state index is 3.62. The number of nitrogens with one attached hydrogen (secondary N) is 1. The lowest BCUT2D eigenvalue weighted by molar-refractivity contribution is 0.0661. The molecule has 3 atom stereocenters. The summed E-state index contributed by atoms with van der Waals surface area (Å²) in [4.78, 5) is 2.71. The predicted octanol–water partition coefficient (Wildman–Crippen LogP) is 3.00. The molecule has 1 aliphatic rings. The van der Waals surface area contributed by atoms with E-state index < -0.39 is 0 Å². The molecular weight excluding hydrogens is 240 g/mol. The molecule has 1 saturated heterocycles.